The highest BCUT2D eigenvalue weighted by Crippen LogP contribution is 2.30. The monoisotopic (exact) mass is 265 g/mol. The smallest absolute Gasteiger partial charge is 0.274 e. The van der Waals surface area contributed by atoms with Crippen LogP contribution in [0.1, 0.15) is 37.6 Å². The van der Waals surface area contributed by atoms with E-state index >= 15 is 0 Å². The highest BCUT2D eigenvalue weighted by atomic mass is 16.7. The number of fused-ring (bicyclic) bond motifs is 1. The molecule has 104 valence electrons. The molecular weight excluding hydrogens is 246 g/mol. The number of benzene rings is 1. The van der Waals surface area contributed by atoms with Crippen LogP contribution in [0, 0.1) is 0 Å². The normalized spacial score (nSPS) is 14.7. The molecule has 0 saturated carbocycles. The first-order valence-electron chi connectivity index (χ1n) is 6.34. The number of hydrogen-bond acceptors (Lipinski definition) is 4. The van der Waals surface area contributed by atoms with E-state index in [-0.39, 0.29) is 5.91 Å². The summed E-state index contributed by atoms with van der Waals surface area (Å²) in [6, 6.07) is 5.10. The number of carbonyl (C=O) groups is 1. The average Bonchev–Trinajstić information content (AvgIpc) is 2.59. The first-order chi connectivity index (χ1) is 8.96. The molecule has 5 nitrogen and oxygen atoms in total. The highest BCUT2D eigenvalue weighted by Gasteiger charge is 2.16. The van der Waals surface area contributed by atoms with Gasteiger partial charge in [0.15, 0.2) is 11.5 Å². The van der Waals surface area contributed by atoms with Crippen molar-refractivity contribution in [2.45, 2.75) is 32.8 Å². The lowest BCUT2D eigenvalue weighted by Gasteiger charge is -2.19. The van der Waals surface area contributed by atoms with Gasteiger partial charge in [-0.3, -0.25) is 9.63 Å². The van der Waals surface area contributed by atoms with E-state index in [4.69, 9.17) is 14.3 Å². The Bertz CT molecular complexity index is 465. The van der Waals surface area contributed by atoms with E-state index in [9.17, 15) is 4.79 Å². The number of rotatable bonds is 2. The van der Waals surface area contributed by atoms with Crippen molar-refractivity contribution in [3.63, 3.8) is 0 Å². The van der Waals surface area contributed by atoms with E-state index in [1.165, 1.54) is 0 Å². The van der Waals surface area contributed by atoms with Gasteiger partial charge in [0.2, 0.25) is 0 Å². The molecule has 0 saturated heterocycles. The van der Waals surface area contributed by atoms with Gasteiger partial charge in [-0.25, -0.2) is 5.48 Å². The van der Waals surface area contributed by atoms with Crippen molar-refractivity contribution in [1.29, 1.82) is 0 Å². The Morgan fingerprint density at radius 2 is 1.89 bits per heavy atom. The fraction of sp³-hybridized carbons (Fsp3) is 0.500. The third-order valence-corrected chi connectivity index (χ3v) is 2.46. The van der Waals surface area contributed by atoms with E-state index in [2.05, 4.69) is 5.48 Å². The van der Waals surface area contributed by atoms with Crippen molar-refractivity contribution in [2.24, 2.45) is 0 Å². The third kappa shape index (κ3) is 3.86. The zero-order valence-electron chi connectivity index (χ0n) is 11.5. The van der Waals surface area contributed by atoms with Crippen molar-refractivity contribution in [3.8, 4) is 11.5 Å². The van der Waals surface area contributed by atoms with Gasteiger partial charge in [-0.15, -0.1) is 0 Å². The minimum absolute atomic E-state index is 0.300. The Hall–Kier alpha value is -1.75. The lowest BCUT2D eigenvalue weighted by atomic mass is 10.2. The number of hydroxylamine groups is 1. The molecule has 2 rings (SSSR count). The largest absolute Gasteiger partial charge is 0.490 e. The molecule has 1 aliphatic heterocycles. The van der Waals surface area contributed by atoms with Crippen LogP contribution in [-0.4, -0.2) is 24.7 Å². The number of amides is 1. The van der Waals surface area contributed by atoms with E-state index in [1.54, 1.807) is 18.2 Å². The summed E-state index contributed by atoms with van der Waals surface area (Å²) in [5, 5.41) is 0. The maximum Gasteiger partial charge on any atom is 0.274 e. The molecule has 19 heavy (non-hydrogen) atoms. The zero-order chi connectivity index (χ0) is 13.9. The van der Waals surface area contributed by atoms with Gasteiger partial charge in [0, 0.05) is 12.0 Å². The summed E-state index contributed by atoms with van der Waals surface area (Å²) in [7, 11) is 0. The molecule has 0 bridgehead atoms. The van der Waals surface area contributed by atoms with Gasteiger partial charge in [-0.2, -0.15) is 0 Å². The molecule has 0 aromatic heterocycles. The standard InChI is InChI=1S/C14H19NO4/c1-14(2,3)19-15-13(16)10-5-6-11-12(9-10)18-8-4-7-17-11/h5-6,9H,4,7-8H2,1-3H3,(H,15,16). The Morgan fingerprint density at radius 3 is 2.58 bits per heavy atom. The highest BCUT2D eigenvalue weighted by molar-refractivity contribution is 5.94. The first-order valence-corrected chi connectivity index (χ1v) is 6.34. The van der Waals surface area contributed by atoms with E-state index in [0.29, 0.717) is 30.3 Å². The van der Waals surface area contributed by atoms with Gasteiger partial charge in [-0.05, 0) is 39.0 Å². The van der Waals surface area contributed by atoms with Crippen LogP contribution in [0.4, 0.5) is 0 Å². The molecule has 0 unspecified atom stereocenters. The van der Waals surface area contributed by atoms with E-state index in [1.807, 2.05) is 20.8 Å². The van der Waals surface area contributed by atoms with Gasteiger partial charge in [0.1, 0.15) is 0 Å². The maximum absolute atomic E-state index is 11.9. The molecule has 0 atom stereocenters. The van der Waals surface area contributed by atoms with Crippen molar-refractivity contribution >= 4 is 5.91 Å². The predicted octanol–water partition coefficient (Wildman–Crippen LogP) is 2.31. The number of hydrogen-bond donors (Lipinski definition) is 1. The first kappa shape index (κ1) is 13.7. The maximum atomic E-state index is 11.9. The fourth-order valence-electron chi connectivity index (χ4n) is 1.56. The number of carbonyl (C=O) groups excluding carboxylic acids is 1. The topological polar surface area (TPSA) is 56.8 Å². The second kappa shape index (κ2) is 5.48. The zero-order valence-corrected chi connectivity index (χ0v) is 11.5. The van der Waals surface area contributed by atoms with E-state index < -0.39 is 5.60 Å². The summed E-state index contributed by atoms with van der Waals surface area (Å²) >= 11 is 0. The summed E-state index contributed by atoms with van der Waals surface area (Å²) in [4.78, 5) is 17.2. The van der Waals surface area contributed by atoms with Crippen LogP contribution in [0.25, 0.3) is 0 Å². The van der Waals surface area contributed by atoms with E-state index in [0.717, 1.165) is 6.42 Å². The van der Waals surface area contributed by atoms with Crippen LogP contribution in [0.3, 0.4) is 0 Å². The Morgan fingerprint density at radius 1 is 1.21 bits per heavy atom. The Labute approximate surface area is 112 Å². The second-order valence-electron chi connectivity index (χ2n) is 5.36. The molecule has 1 aliphatic rings. The van der Waals surface area contributed by atoms with Crippen molar-refractivity contribution in [3.05, 3.63) is 23.8 Å². The van der Waals surface area contributed by atoms with Crippen LogP contribution in [0.15, 0.2) is 18.2 Å². The third-order valence-electron chi connectivity index (χ3n) is 2.46. The Balaban J connectivity index is 2.08. The number of ether oxygens (including phenoxy) is 2. The van der Waals surface area contributed by atoms with Crippen LogP contribution in [-0.2, 0) is 4.84 Å². The fourth-order valence-corrected chi connectivity index (χ4v) is 1.56. The lowest BCUT2D eigenvalue weighted by Crippen LogP contribution is -2.33. The second-order valence-corrected chi connectivity index (χ2v) is 5.36. The summed E-state index contributed by atoms with van der Waals surface area (Å²) in [5.74, 6) is 0.970. The molecule has 0 aliphatic carbocycles. The molecule has 0 radical (unpaired) electrons. The number of nitrogens with one attached hydrogen (secondary N) is 1. The molecule has 5 heteroatoms. The summed E-state index contributed by atoms with van der Waals surface area (Å²) in [6.45, 7) is 6.81. The molecule has 0 fully saturated rings. The lowest BCUT2D eigenvalue weighted by molar-refractivity contribution is -0.0589. The Kier molecular flexibility index (Phi) is 3.95. The van der Waals surface area contributed by atoms with Crippen LogP contribution >= 0.6 is 0 Å². The van der Waals surface area contributed by atoms with Gasteiger partial charge >= 0.3 is 0 Å². The predicted molar refractivity (Wildman–Crippen MR) is 70.4 cm³/mol. The molecule has 1 aromatic carbocycles. The van der Waals surface area contributed by atoms with Crippen molar-refractivity contribution in [1.82, 2.24) is 5.48 Å². The molecule has 0 spiro atoms. The summed E-state index contributed by atoms with van der Waals surface area (Å²) in [5.41, 5.74) is 2.48. The van der Waals surface area contributed by atoms with Crippen molar-refractivity contribution < 1.29 is 19.1 Å². The quantitative estimate of drug-likeness (QED) is 0.834. The molecular formula is C14H19NO4. The summed E-state index contributed by atoms with van der Waals surface area (Å²) < 4.78 is 11.0. The minimum Gasteiger partial charge on any atom is -0.490 e. The molecule has 1 aromatic rings. The van der Waals surface area contributed by atoms with Gasteiger partial charge in [0.25, 0.3) is 5.91 Å². The SMILES string of the molecule is CC(C)(C)ONC(=O)c1ccc2c(c1)OCCCO2. The summed E-state index contributed by atoms with van der Waals surface area (Å²) in [6.07, 6.45) is 0.837. The average molecular weight is 265 g/mol. The molecule has 1 heterocycles. The van der Waals surface area contributed by atoms with Crippen LogP contribution < -0.4 is 15.0 Å². The van der Waals surface area contributed by atoms with Crippen LogP contribution in [0.2, 0.25) is 0 Å². The molecule has 1 amide bonds. The molecule has 1 N–H and O–H groups in total. The van der Waals surface area contributed by atoms with Crippen molar-refractivity contribution in [2.75, 3.05) is 13.2 Å². The minimum atomic E-state index is -0.430. The van der Waals surface area contributed by atoms with Crippen LogP contribution in [0.5, 0.6) is 11.5 Å². The van der Waals surface area contributed by atoms with Gasteiger partial charge in [-0.1, -0.05) is 0 Å². The van der Waals surface area contributed by atoms with Gasteiger partial charge < -0.3 is 9.47 Å². The van der Waals surface area contributed by atoms with Gasteiger partial charge in [0.05, 0.1) is 18.8 Å².